The fraction of sp³-hybridized carbons (Fsp3) is 0.200. The molecule has 266 valence electrons. The summed E-state index contributed by atoms with van der Waals surface area (Å²) >= 11 is 0. The maximum atomic E-state index is 14.2. The first kappa shape index (κ1) is 35.0. The molecule has 1 aliphatic rings. The van der Waals surface area contributed by atoms with E-state index in [1.165, 1.54) is 0 Å². The van der Waals surface area contributed by atoms with Crippen molar-refractivity contribution < 1.29 is 41.3 Å². The molecule has 0 aliphatic carbocycles. The van der Waals surface area contributed by atoms with Gasteiger partial charge in [0.1, 0.15) is 5.56 Å². The first-order valence-electron chi connectivity index (χ1n) is 16.5. The van der Waals surface area contributed by atoms with Crippen LogP contribution in [0.2, 0.25) is 0 Å². The van der Waals surface area contributed by atoms with Crippen LogP contribution in [0.4, 0.5) is 22.0 Å². The van der Waals surface area contributed by atoms with Crippen LogP contribution in [0.1, 0.15) is 51.9 Å². The number of aliphatic hydroxyl groups excluding tert-OH is 1. The second-order valence-corrected chi connectivity index (χ2v) is 12.7. The lowest BCUT2D eigenvalue weighted by Crippen LogP contribution is -2.39. The summed E-state index contributed by atoms with van der Waals surface area (Å²) in [4.78, 5) is 17.1. The summed E-state index contributed by atoms with van der Waals surface area (Å²) in [5.41, 5.74) is 4.79. The highest BCUT2D eigenvalue weighted by Gasteiger charge is 2.39. The van der Waals surface area contributed by atoms with Crippen LogP contribution in [0.15, 0.2) is 103 Å². The fourth-order valence-electron chi connectivity index (χ4n) is 6.48. The molecule has 2 heterocycles. The van der Waals surface area contributed by atoms with Gasteiger partial charge in [-0.25, -0.2) is 26.9 Å². The first-order valence-corrected chi connectivity index (χ1v) is 16.5. The molecule has 6 aromatic rings. The van der Waals surface area contributed by atoms with Gasteiger partial charge in [0.15, 0.2) is 29.6 Å². The number of benzene rings is 5. The average Bonchev–Trinajstić information content (AvgIpc) is 3.59. The van der Waals surface area contributed by atoms with Crippen LogP contribution in [0, 0.1) is 35.0 Å². The lowest BCUT2D eigenvalue weighted by Gasteiger charge is -2.41. The van der Waals surface area contributed by atoms with Crippen molar-refractivity contribution in [3.63, 3.8) is 0 Å². The van der Waals surface area contributed by atoms with E-state index in [-0.39, 0.29) is 31.3 Å². The number of carbonyl (C=O) groups excluding carboxylic acids is 1. The summed E-state index contributed by atoms with van der Waals surface area (Å²) in [5.74, 6) is -12.7. The molecule has 5 aromatic carbocycles. The number of halogens is 5. The van der Waals surface area contributed by atoms with Crippen LogP contribution in [0.5, 0.6) is 0 Å². The number of carbonyl (C=O) groups is 1. The van der Waals surface area contributed by atoms with E-state index >= 15 is 0 Å². The van der Waals surface area contributed by atoms with E-state index in [0.717, 1.165) is 38.9 Å². The predicted molar refractivity (Wildman–Crippen MR) is 182 cm³/mol. The Labute approximate surface area is 295 Å². The van der Waals surface area contributed by atoms with Gasteiger partial charge < -0.3 is 24.5 Å². The standard InChI is InChI=1S/C40H32F5N3O4/c1-22-31(19-48-21-47-29-10-2-3-11-30(29)48)51-40(52-38(22)25-14-12-23(20-49)13-15-25)28-9-5-8-27(17-28)26-7-4-6-24(16-26)18-46-39(50)32-33(41)35(43)37(45)36(44)34(32)42/h2-17,21-22,31,38,40,49H,18-20H2,1H3,(H,46,50)/t22-,31+,38+,40+/m1/s1. The molecular formula is C40H32F5N3O4. The number of hydrogen-bond acceptors (Lipinski definition) is 5. The highest BCUT2D eigenvalue weighted by Crippen LogP contribution is 2.43. The fourth-order valence-corrected chi connectivity index (χ4v) is 6.48. The van der Waals surface area contributed by atoms with E-state index in [4.69, 9.17) is 9.47 Å². The van der Waals surface area contributed by atoms with Crippen molar-refractivity contribution in [1.82, 2.24) is 14.9 Å². The lowest BCUT2D eigenvalue weighted by atomic mass is 9.90. The summed E-state index contributed by atoms with van der Waals surface area (Å²) in [6.07, 6.45) is 0.407. The molecule has 0 radical (unpaired) electrons. The van der Waals surface area contributed by atoms with Crippen molar-refractivity contribution >= 4 is 16.9 Å². The van der Waals surface area contributed by atoms with Crippen LogP contribution in [0.25, 0.3) is 22.2 Å². The van der Waals surface area contributed by atoms with Crippen LogP contribution in [-0.2, 0) is 29.2 Å². The predicted octanol–water partition coefficient (Wildman–Crippen LogP) is 8.31. The number of nitrogens with zero attached hydrogens (tertiary/aromatic N) is 2. The zero-order chi connectivity index (χ0) is 36.5. The van der Waals surface area contributed by atoms with Crippen LogP contribution >= 0.6 is 0 Å². The molecule has 52 heavy (non-hydrogen) atoms. The van der Waals surface area contributed by atoms with E-state index in [9.17, 15) is 31.9 Å². The summed E-state index contributed by atoms with van der Waals surface area (Å²) in [7, 11) is 0. The normalized spacial score (nSPS) is 18.8. The minimum atomic E-state index is -2.34. The van der Waals surface area contributed by atoms with Crippen LogP contribution < -0.4 is 5.32 Å². The highest BCUT2D eigenvalue weighted by atomic mass is 19.2. The molecule has 0 bridgehead atoms. The Morgan fingerprint density at radius 3 is 2.17 bits per heavy atom. The number of ether oxygens (including phenoxy) is 2. The van der Waals surface area contributed by atoms with Gasteiger partial charge in [-0.05, 0) is 52.1 Å². The number of aliphatic hydroxyl groups is 1. The van der Waals surface area contributed by atoms with Gasteiger partial charge in [-0.15, -0.1) is 0 Å². The Kier molecular flexibility index (Phi) is 9.87. The molecule has 1 fully saturated rings. The maximum absolute atomic E-state index is 14.2. The third-order valence-electron chi connectivity index (χ3n) is 9.34. The molecule has 1 amide bonds. The number of rotatable bonds is 9. The Hall–Kier alpha value is -5.43. The van der Waals surface area contributed by atoms with E-state index in [1.54, 1.807) is 24.5 Å². The topological polar surface area (TPSA) is 85.6 Å². The number of hydrogen-bond donors (Lipinski definition) is 2. The Morgan fingerprint density at radius 1 is 0.769 bits per heavy atom. The second kappa shape index (κ2) is 14.7. The number of aromatic nitrogens is 2. The quantitative estimate of drug-likeness (QED) is 0.0895. The molecule has 1 aromatic heterocycles. The van der Waals surface area contributed by atoms with Gasteiger partial charge in [-0.2, -0.15) is 0 Å². The third-order valence-corrected chi connectivity index (χ3v) is 9.34. The zero-order valence-corrected chi connectivity index (χ0v) is 27.7. The van der Waals surface area contributed by atoms with E-state index in [2.05, 4.69) is 21.8 Å². The van der Waals surface area contributed by atoms with Crippen molar-refractivity contribution in [2.45, 2.75) is 45.1 Å². The minimum Gasteiger partial charge on any atom is -0.392 e. The van der Waals surface area contributed by atoms with Crippen molar-refractivity contribution in [2.75, 3.05) is 0 Å². The third kappa shape index (κ3) is 6.80. The molecule has 7 nitrogen and oxygen atoms in total. The Morgan fingerprint density at radius 2 is 1.44 bits per heavy atom. The lowest BCUT2D eigenvalue weighted by molar-refractivity contribution is -0.276. The van der Waals surface area contributed by atoms with Gasteiger partial charge >= 0.3 is 0 Å². The molecule has 1 saturated heterocycles. The van der Waals surface area contributed by atoms with Crippen LogP contribution in [-0.4, -0.2) is 26.7 Å². The van der Waals surface area contributed by atoms with Crippen LogP contribution in [0.3, 0.4) is 0 Å². The molecule has 0 unspecified atom stereocenters. The molecule has 2 N–H and O–H groups in total. The summed E-state index contributed by atoms with van der Waals surface area (Å²) in [5, 5.41) is 11.8. The smallest absolute Gasteiger partial charge is 0.257 e. The number of imidazole rings is 1. The van der Waals surface area contributed by atoms with Gasteiger partial charge in [0, 0.05) is 18.0 Å². The summed E-state index contributed by atoms with van der Waals surface area (Å²) in [6.45, 7) is 2.28. The summed E-state index contributed by atoms with van der Waals surface area (Å²) in [6, 6.07) is 30.0. The second-order valence-electron chi connectivity index (χ2n) is 12.7. The minimum absolute atomic E-state index is 0.0719. The van der Waals surface area contributed by atoms with E-state index in [1.807, 2.05) is 78.9 Å². The monoisotopic (exact) mass is 713 g/mol. The molecule has 0 spiro atoms. The van der Waals surface area contributed by atoms with Crippen molar-refractivity contribution in [1.29, 1.82) is 0 Å². The van der Waals surface area contributed by atoms with Gasteiger partial charge in [-0.1, -0.05) is 79.7 Å². The van der Waals surface area contributed by atoms with Crippen molar-refractivity contribution in [3.8, 4) is 11.1 Å². The first-order chi connectivity index (χ1) is 25.1. The van der Waals surface area contributed by atoms with E-state index < -0.39 is 46.8 Å². The van der Waals surface area contributed by atoms with Gasteiger partial charge in [0.2, 0.25) is 5.82 Å². The van der Waals surface area contributed by atoms with Gasteiger partial charge in [0.25, 0.3) is 5.91 Å². The molecule has 0 saturated carbocycles. The molecular weight excluding hydrogens is 681 g/mol. The van der Waals surface area contributed by atoms with Gasteiger partial charge in [-0.3, -0.25) is 4.79 Å². The SMILES string of the molecule is C[C@@H]1[C@H](Cn2cnc3ccccc32)O[C@H](c2cccc(-c3cccc(CNC(=O)c4c(F)c(F)c(F)c(F)c4F)c3)c2)O[C@@H]1c1ccc(CO)cc1. The Bertz CT molecular complexity index is 2230. The number of para-hydroxylation sites is 2. The number of amides is 1. The summed E-state index contributed by atoms with van der Waals surface area (Å²) < 4.78 is 84.6. The average molecular weight is 714 g/mol. The molecule has 4 atom stereocenters. The van der Waals surface area contributed by atoms with Crippen molar-refractivity contribution in [2.24, 2.45) is 5.92 Å². The zero-order valence-electron chi connectivity index (χ0n) is 27.7. The number of fused-ring (bicyclic) bond motifs is 1. The van der Waals surface area contributed by atoms with Crippen molar-refractivity contribution in [3.05, 3.63) is 160 Å². The molecule has 12 heteroatoms. The maximum Gasteiger partial charge on any atom is 0.257 e. The highest BCUT2D eigenvalue weighted by molar-refractivity contribution is 5.94. The molecule has 1 aliphatic heterocycles. The van der Waals surface area contributed by atoms with Gasteiger partial charge in [0.05, 0.1) is 42.7 Å². The Balaban J connectivity index is 1.14. The number of nitrogens with one attached hydrogen (secondary N) is 1. The largest absolute Gasteiger partial charge is 0.392 e. The van der Waals surface area contributed by atoms with E-state index in [0.29, 0.717) is 12.1 Å². The molecule has 7 rings (SSSR count).